The third-order valence-corrected chi connectivity index (χ3v) is 6.65. The van der Waals surface area contributed by atoms with E-state index in [1.807, 2.05) is 43.8 Å². The van der Waals surface area contributed by atoms with Crippen LogP contribution in [0, 0.1) is 13.8 Å². The fraction of sp³-hybridized carbons (Fsp3) is 0.476. The van der Waals surface area contributed by atoms with E-state index in [4.69, 9.17) is 4.52 Å². The molecule has 2 aliphatic heterocycles. The van der Waals surface area contributed by atoms with Crippen molar-refractivity contribution >= 4 is 35.0 Å². The number of carbonyl (C=O) groups excluding carboxylic acids is 2. The number of aromatic nitrogens is 1. The van der Waals surface area contributed by atoms with Gasteiger partial charge in [0, 0.05) is 23.8 Å². The molecule has 2 amide bonds. The highest BCUT2D eigenvalue weighted by molar-refractivity contribution is 7.99. The Kier molecular flexibility index (Phi) is 5.80. The lowest BCUT2D eigenvalue weighted by molar-refractivity contribution is -0.122. The third kappa shape index (κ3) is 4.42. The van der Waals surface area contributed by atoms with Crippen LogP contribution in [-0.4, -0.2) is 40.6 Å². The number of thioether (sulfide) groups is 1. The molecular weight excluding hydrogens is 388 g/mol. The molecule has 3 heterocycles. The van der Waals surface area contributed by atoms with Gasteiger partial charge >= 0.3 is 0 Å². The summed E-state index contributed by atoms with van der Waals surface area (Å²) in [6.07, 6.45) is 3.22. The minimum absolute atomic E-state index is 0.0767. The van der Waals surface area contributed by atoms with Gasteiger partial charge in [-0.15, -0.1) is 0 Å². The lowest BCUT2D eigenvalue weighted by atomic mass is 10.0. The fourth-order valence-corrected chi connectivity index (χ4v) is 5.00. The van der Waals surface area contributed by atoms with Gasteiger partial charge in [0.2, 0.25) is 11.8 Å². The van der Waals surface area contributed by atoms with Crippen molar-refractivity contribution in [1.82, 2.24) is 10.5 Å². The average molecular weight is 415 g/mol. The van der Waals surface area contributed by atoms with Gasteiger partial charge in [-0.3, -0.25) is 9.59 Å². The van der Waals surface area contributed by atoms with E-state index in [9.17, 15) is 9.59 Å². The van der Waals surface area contributed by atoms with E-state index in [0.29, 0.717) is 24.6 Å². The molecule has 1 aromatic carbocycles. The SMILES string of the molecule is Cc1noc(C)c1-c1ccc(NC2CCCSC2)c(NC(=O)[C@@H]2CCC(=O)N2)c1. The number of nitrogens with zero attached hydrogens (tertiary/aromatic N) is 1. The highest BCUT2D eigenvalue weighted by atomic mass is 32.2. The third-order valence-electron chi connectivity index (χ3n) is 5.43. The van der Waals surface area contributed by atoms with E-state index in [-0.39, 0.29) is 11.8 Å². The van der Waals surface area contributed by atoms with Crippen LogP contribution in [0.1, 0.15) is 37.1 Å². The molecule has 2 aliphatic rings. The largest absolute Gasteiger partial charge is 0.380 e. The van der Waals surface area contributed by atoms with Crippen molar-refractivity contribution in [3.8, 4) is 11.1 Å². The molecule has 2 aromatic rings. The van der Waals surface area contributed by atoms with Gasteiger partial charge in [0.15, 0.2) is 0 Å². The van der Waals surface area contributed by atoms with Crippen molar-refractivity contribution in [1.29, 1.82) is 0 Å². The standard InChI is InChI=1S/C21H26N4O3S/c1-12-20(13(2)28-25-12)14-5-6-16(22-15-4-3-9-29-11-15)18(10-14)24-21(27)17-7-8-19(26)23-17/h5-6,10,15,17,22H,3-4,7-9,11H2,1-2H3,(H,23,26)(H,24,27)/t15?,17-/m0/s1. The van der Waals surface area contributed by atoms with Gasteiger partial charge in [-0.05, 0) is 56.6 Å². The molecule has 0 aliphatic carbocycles. The number of hydrogen-bond donors (Lipinski definition) is 3. The number of carbonyl (C=O) groups is 2. The molecule has 1 aromatic heterocycles. The maximum atomic E-state index is 12.7. The van der Waals surface area contributed by atoms with E-state index < -0.39 is 6.04 Å². The molecule has 0 bridgehead atoms. The zero-order chi connectivity index (χ0) is 20.4. The van der Waals surface area contributed by atoms with Crippen LogP contribution >= 0.6 is 11.8 Å². The van der Waals surface area contributed by atoms with Gasteiger partial charge < -0.3 is 20.5 Å². The number of benzene rings is 1. The van der Waals surface area contributed by atoms with Gasteiger partial charge in [0.25, 0.3) is 0 Å². The Labute approximate surface area is 174 Å². The average Bonchev–Trinajstić information content (AvgIpc) is 3.29. The van der Waals surface area contributed by atoms with Gasteiger partial charge in [-0.25, -0.2) is 0 Å². The fourth-order valence-electron chi connectivity index (χ4n) is 3.93. The van der Waals surface area contributed by atoms with Crippen molar-refractivity contribution in [2.24, 2.45) is 0 Å². The summed E-state index contributed by atoms with van der Waals surface area (Å²) in [7, 11) is 0. The maximum absolute atomic E-state index is 12.7. The summed E-state index contributed by atoms with van der Waals surface area (Å²) < 4.78 is 5.31. The number of nitrogens with one attached hydrogen (secondary N) is 3. The highest BCUT2D eigenvalue weighted by Gasteiger charge is 2.28. The molecule has 2 saturated heterocycles. The summed E-state index contributed by atoms with van der Waals surface area (Å²) in [5, 5.41) is 13.4. The Balaban J connectivity index is 1.63. The van der Waals surface area contributed by atoms with Crippen LogP contribution in [-0.2, 0) is 9.59 Å². The molecule has 2 fully saturated rings. The molecule has 3 N–H and O–H groups in total. The van der Waals surface area contributed by atoms with E-state index in [1.54, 1.807) is 0 Å². The first-order valence-corrected chi connectivity index (χ1v) is 11.2. The van der Waals surface area contributed by atoms with Crippen molar-refractivity contribution in [2.75, 3.05) is 22.1 Å². The van der Waals surface area contributed by atoms with Gasteiger partial charge in [-0.2, -0.15) is 11.8 Å². The minimum atomic E-state index is -0.483. The molecule has 154 valence electrons. The monoisotopic (exact) mass is 414 g/mol. The van der Waals surface area contributed by atoms with Gasteiger partial charge in [0.1, 0.15) is 11.8 Å². The second kappa shape index (κ2) is 8.49. The molecule has 0 spiro atoms. The van der Waals surface area contributed by atoms with Crippen molar-refractivity contribution in [3.63, 3.8) is 0 Å². The van der Waals surface area contributed by atoms with Crippen LogP contribution in [0.25, 0.3) is 11.1 Å². The highest BCUT2D eigenvalue weighted by Crippen LogP contribution is 2.34. The lowest BCUT2D eigenvalue weighted by Gasteiger charge is -2.25. The van der Waals surface area contributed by atoms with E-state index in [2.05, 4.69) is 21.1 Å². The summed E-state index contributed by atoms with van der Waals surface area (Å²) in [5.41, 5.74) is 4.30. The number of hydrogen-bond acceptors (Lipinski definition) is 6. The van der Waals surface area contributed by atoms with Crippen molar-refractivity contribution in [2.45, 2.75) is 51.6 Å². The summed E-state index contributed by atoms with van der Waals surface area (Å²) >= 11 is 1.95. The zero-order valence-corrected chi connectivity index (χ0v) is 17.5. The molecule has 1 unspecified atom stereocenters. The second-order valence-electron chi connectivity index (χ2n) is 7.67. The topological polar surface area (TPSA) is 96.3 Å². The molecule has 2 atom stereocenters. The van der Waals surface area contributed by atoms with E-state index in [0.717, 1.165) is 40.4 Å². The second-order valence-corrected chi connectivity index (χ2v) is 8.82. The number of rotatable bonds is 5. The zero-order valence-electron chi connectivity index (χ0n) is 16.7. The Morgan fingerprint density at radius 2 is 2.14 bits per heavy atom. The molecule has 29 heavy (non-hydrogen) atoms. The predicted molar refractivity (Wildman–Crippen MR) is 115 cm³/mol. The van der Waals surface area contributed by atoms with Crippen LogP contribution in [0.3, 0.4) is 0 Å². The van der Waals surface area contributed by atoms with Crippen LogP contribution in [0.15, 0.2) is 22.7 Å². The first-order valence-electron chi connectivity index (χ1n) is 10.0. The number of anilines is 2. The smallest absolute Gasteiger partial charge is 0.247 e. The number of aryl methyl sites for hydroxylation is 2. The van der Waals surface area contributed by atoms with Gasteiger partial charge in [0.05, 0.1) is 17.1 Å². The minimum Gasteiger partial charge on any atom is -0.380 e. The Morgan fingerprint density at radius 1 is 1.28 bits per heavy atom. The summed E-state index contributed by atoms with van der Waals surface area (Å²) in [6.45, 7) is 3.79. The summed E-state index contributed by atoms with van der Waals surface area (Å²) in [6, 6.07) is 5.88. The van der Waals surface area contributed by atoms with E-state index >= 15 is 0 Å². The molecule has 0 radical (unpaired) electrons. The van der Waals surface area contributed by atoms with Gasteiger partial charge in [-0.1, -0.05) is 11.2 Å². The summed E-state index contributed by atoms with van der Waals surface area (Å²) in [4.78, 5) is 24.2. The molecule has 8 heteroatoms. The van der Waals surface area contributed by atoms with Crippen molar-refractivity contribution in [3.05, 3.63) is 29.7 Å². The quantitative estimate of drug-likeness (QED) is 0.693. The Hall–Kier alpha value is -2.48. The van der Waals surface area contributed by atoms with Crippen LogP contribution in [0.5, 0.6) is 0 Å². The predicted octanol–water partition coefficient (Wildman–Crippen LogP) is 3.48. The van der Waals surface area contributed by atoms with E-state index in [1.165, 1.54) is 12.2 Å². The number of amides is 2. The first kappa shape index (κ1) is 19.8. The first-order chi connectivity index (χ1) is 14.0. The molecule has 4 rings (SSSR count). The lowest BCUT2D eigenvalue weighted by Crippen LogP contribution is -2.37. The molecular formula is C21H26N4O3S. The van der Waals surface area contributed by atoms with Crippen LogP contribution in [0.4, 0.5) is 11.4 Å². The Bertz CT molecular complexity index is 901. The normalized spacial score (nSPS) is 21.7. The van der Waals surface area contributed by atoms with Crippen LogP contribution < -0.4 is 16.0 Å². The maximum Gasteiger partial charge on any atom is 0.247 e. The molecule has 0 saturated carbocycles. The van der Waals surface area contributed by atoms with Crippen molar-refractivity contribution < 1.29 is 14.1 Å². The van der Waals surface area contributed by atoms with Crippen LogP contribution in [0.2, 0.25) is 0 Å². The summed E-state index contributed by atoms with van der Waals surface area (Å²) in [5.74, 6) is 2.73. The molecule has 7 nitrogen and oxygen atoms in total. The Morgan fingerprint density at radius 3 is 2.79 bits per heavy atom.